The maximum Gasteiger partial charge on any atom is 0.407 e. The van der Waals surface area contributed by atoms with E-state index in [2.05, 4.69) is 15.6 Å². The van der Waals surface area contributed by atoms with Crippen molar-refractivity contribution in [2.45, 2.75) is 64.3 Å². The lowest BCUT2D eigenvalue weighted by Crippen LogP contribution is -2.56. The van der Waals surface area contributed by atoms with E-state index >= 15 is 0 Å². The molecule has 0 aliphatic heterocycles. The number of benzene rings is 2. The number of hydrogen-bond donors (Lipinski definition) is 4. The van der Waals surface area contributed by atoms with E-state index in [1.807, 2.05) is 87.5 Å². The van der Waals surface area contributed by atoms with Crippen molar-refractivity contribution in [3.63, 3.8) is 0 Å². The molecule has 2 aromatic carbocycles. The van der Waals surface area contributed by atoms with E-state index in [1.165, 1.54) is 7.11 Å². The van der Waals surface area contributed by atoms with E-state index in [-0.39, 0.29) is 12.3 Å². The van der Waals surface area contributed by atoms with Crippen molar-refractivity contribution >= 4 is 12.0 Å². The highest BCUT2D eigenvalue weighted by molar-refractivity contribution is 5.86. The zero-order chi connectivity index (χ0) is 28.4. The minimum absolute atomic E-state index is 0.251. The molecule has 8 heteroatoms. The Labute approximate surface area is 231 Å². The summed E-state index contributed by atoms with van der Waals surface area (Å²) in [5.41, 5.74) is 9.95. The molecule has 1 aromatic heterocycles. The van der Waals surface area contributed by atoms with Crippen molar-refractivity contribution in [3.8, 4) is 11.1 Å². The van der Waals surface area contributed by atoms with Gasteiger partial charge in [-0.15, -0.1) is 0 Å². The number of methoxy groups -OCH3 is 1. The van der Waals surface area contributed by atoms with Crippen LogP contribution in [-0.4, -0.2) is 53.4 Å². The summed E-state index contributed by atoms with van der Waals surface area (Å²) in [7, 11) is 1.26. The Morgan fingerprint density at radius 2 is 1.49 bits per heavy atom. The van der Waals surface area contributed by atoms with E-state index in [4.69, 9.17) is 10.5 Å². The van der Waals surface area contributed by atoms with Gasteiger partial charge in [-0.2, -0.15) is 0 Å². The third kappa shape index (κ3) is 9.19. The number of carbonyl (C=O) groups is 2. The molecule has 2 amide bonds. The number of carbonyl (C=O) groups excluding carboxylic acids is 2. The van der Waals surface area contributed by atoms with E-state index in [0.717, 1.165) is 22.3 Å². The molecule has 0 unspecified atom stereocenters. The maximum absolute atomic E-state index is 13.4. The number of rotatable bonds is 11. The monoisotopic (exact) mass is 532 g/mol. The van der Waals surface area contributed by atoms with Crippen molar-refractivity contribution in [2.24, 2.45) is 11.1 Å². The summed E-state index contributed by atoms with van der Waals surface area (Å²) in [6, 6.07) is 20.0. The van der Waals surface area contributed by atoms with Crippen molar-refractivity contribution < 1.29 is 19.4 Å². The number of alkyl carbamates (subject to hydrolysis) is 1. The molecule has 0 saturated carbocycles. The number of aliphatic hydroxyl groups excluding tert-OH is 1. The number of nitrogens with one attached hydrogen (secondary N) is 2. The first-order valence-electron chi connectivity index (χ1n) is 13.2. The van der Waals surface area contributed by atoms with Crippen molar-refractivity contribution in [1.29, 1.82) is 0 Å². The van der Waals surface area contributed by atoms with Gasteiger partial charge < -0.3 is 26.2 Å². The highest BCUT2D eigenvalue weighted by Gasteiger charge is 2.34. The second-order valence-electron chi connectivity index (χ2n) is 10.9. The molecule has 39 heavy (non-hydrogen) atoms. The molecule has 0 bridgehead atoms. The number of amides is 2. The molecule has 5 N–H and O–H groups in total. The van der Waals surface area contributed by atoms with Crippen LogP contribution in [0.2, 0.25) is 0 Å². The average Bonchev–Trinajstić information content (AvgIpc) is 2.92. The molecular formula is C31H40N4O4. The molecule has 1 heterocycles. The van der Waals surface area contributed by atoms with Gasteiger partial charge in [-0.3, -0.25) is 9.78 Å². The second-order valence-corrected chi connectivity index (χ2v) is 10.9. The molecular weight excluding hydrogens is 492 g/mol. The summed E-state index contributed by atoms with van der Waals surface area (Å²) in [5.74, 6) is -0.352. The van der Waals surface area contributed by atoms with Gasteiger partial charge in [0.25, 0.3) is 0 Å². The predicted octanol–water partition coefficient (Wildman–Crippen LogP) is 3.87. The molecule has 3 rings (SSSR count). The van der Waals surface area contributed by atoms with E-state index < -0.39 is 35.7 Å². The van der Waals surface area contributed by atoms with Crippen LogP contribution >= 0.6 is 0 Å². The van der Waals surface area contributed by atoms with Crippen LogP contribution in [-0.2, 0) is 22.4 Å². The molecule has 8 nitrogen and oxygen atoms in total. The fourth-order valence-corrected chi connectivity index (χ4v) is 4.48. The third-order valence-electron chi connectivity index (χ3n) is 6.71. The summed E-state index contributed by atoms with van der Waals surface area (Å²) >= 11 is 0. The Kier molecular flexibility index (Phi) is 10.6. The molecule has 0 fully saturated rings. The molecule has 208 valence electrons. The van der Waals surface area contributed by atoms with Gasteiger partial charge in [-0.1, -0.05) is 75.4 Å². The summed E-state index contributed by atoms with van der Waals surface area (Å²) in [6.45, 7) is 5.60. The van der Waals surface area contributed by atoms with Gasteiger partial charge >= 0.3 is 6.09 Å². The quantitative estimate of drug-likeness (QED) is 0.297. The zero-order valence-corrected chi connectivity index (χ0v) is 23.1. The van der Waals surface area contributed by atoms with Crippen molar-refractivity contribution in [3.05, 3.63) is 90.3 Å². The number of nitrogens with zero attached hydrogens (tertiary/aromatic N) is 1. The van der Waals surface area contributed by atoms with Gasteiger partial charge in [0, 0.05) is 24.5 Å². The zero-order valence-electron chi connectivity index (χ0n) is 23.1. The topological polar surface area (TPSA) is 127 Å². The molecule has 3 aromatic rings. The Morgan fingerprint density at radius 3 is 2.08 bits per heavy atom. The Balaban J connectivity index is 1.78. The van der Waals surface area contributed by atoms with Crippen LogP contribution in [0.1, 0.15) is 38.3 Å². The van der Waals surface area contributed by atoms with Crippen LogP contribution < -0.4 is 16.4 Å². The van der Waals surface area contributed by atoms with Crippen LogP contribution in [0.4, 0.5) is 4.79 Å². The number of pyridine rings is 1. The van der Waals surface area contributed by atoms with E-state index in [9.17, 15) is 14.7 Å². The van der Waals surface area contributed by atoms with Gasteiger partial charge in [0.2, 0.25) is 5.91 Å². The molecule has 4 atom stereocenters. The molecule has 0 aliphatic rings. The van der Waals surface area contributed by atoms with Crippen LogP contribution in [0.25, 0.3) is 11.1 Å². The highest BCUT2D eigenvalue weighted by atomic mass is 16.5. The van der Waals surface area contributed by atoms with Crippen LogP contribution in [0.5, 0.6) is 0 Å². The number of aliphatic hydroxyl groups is 1. The lowest BCUT2D eigenvalue weighted by molar-refractivity contribution is -0.126. The fourth-order valence-electron chi connectivity index (χ4n) is 4.48. The number of nitrogens with two attached hydrogens (primary N) is 1. The van der Waals surface area contributed by atoms with Gasteiger partial charge in [-0.25, -0.2) is 4.79 Å². The first kappa shape index (κ1) is 29.8. The lowest BCUT2D eigenvalue weighted by Gasteiger charge is -2.32. The van der Waals surface area contributed by atoms with E-state index in [0.29, 0.717) is 12.8 Å². The summed E-state index contributed by atoms with van der Waals surface area (Å²) in [6.07, 6.45) is 3.21. The van der Waals surface area contributed by atoms with Crippen molar-refractivity contribution in [1.82, 2.24) is 15.6 Å². The molecule has 0 saturated heterocycles. The molecule has 0 spiro atoms. The number of hydrogen-bond acceptors (Lipinski definition) is 6. The van der Waals surface area contributed by atoms with E-state index in [1.54, 1.807) is 12.4 Å². The number of ether oxygens (including phenoxy) is 1. The minimum atomic E-state index is -0.853. The average molecular weight is 533 g/mol. The van der Waals surface area contributed by atoms with Crippen LogP contribution in [0.15, 0.2) is 79.1 Å². The first-order valence-corrected chi connectivity index (χ1v) is 13.2. The van der Waals surface area contributed by atoms with Gasteiger partial charge in [-0.05, 0) is 59.1 Å². The van der Waals surface area contributed by atoms with Gasteiger partial charge in [0.05, 0.1) is 13.2 Å². The Morgan fingerprint density at radius 1 is 0.897 bits per heavy atom. The molecule has 0 aliphatic carbocycles. The summed E-state index contributed by atoms with van der Waals surface area (Å²) in [4.78, 5) is 29.5. The van der Waals surface area contributed by atoms with Gasteiger partial charge in [0.1, 0.15) is 6.04 Å². The van der Waals surface area contributed by atoms with Gasteiger partial charge in [0.15, 0.2) is 0 Å². The smallest absolute Gasteiger partial charge is 0.407 e. The highest BCUT2D eigenvalue weighted by Crippen LogP contribution is 2.22. The Hall–Kier alpha value is -3.75. The Bertz CT molecular complexity index is 1180. The minimum Gasteiger partial charge on any atom is -0.453 e. The summed E-state index contributed by atoms with van der Waals surface area (Å²) in [5, 5.41) is 16.8. The third-order valence-corrected chi connectivity index (χ3v) is 6.71. The standard InChI is InChI=1S/C31H40N4O4/c1-31(2,3)28(35-30(38)39-4)29(37)34-25(20-27(36)26(32)19-21-8-6-5-7-9-21)18-22-10-12-23(13-11-22)24-14-16-33-17-15-24/h5-17,25-28,36H,18-20,32H2,1-4H3,(H,34,37)(H,35,38)/t25-,26-,27-,28+/m0/s1. The maximum atomic E-state index is 13.4. The number of aromatic nitrogens is 1. The first-order chi connectivity index (χ1) is 18.6. The van der Waals surface area contributed by atoms with Crippen LogP contribution in [0, 0.1) is 5.41 Å². The summed E-state index contributed by atoms with van der Waals surface area (Å²) < 4.78 is 4.74. The van der Waals surface area contributed by atoms with Crippen molar-refractivity contribution in [2.75, 3.05) is 7.11 Å². The predicted molar refractivity (Wildman–Crippen MR) is 153 cm³/mol. The normalized spacial score (nSPS) is 14.5. The largest absolute Gasteiger partial charge is 0.453 e. The lowest BCUT2D eigenvalue weighted by atomic mass is 9.85. The molecule has 0 radical (unpaired) electrons. The second kappa shape index (κ2) is 13.9. The SMILES string of the molecule is COC(=O)N[C@H](C(=O)N[C@@H](Cc1ccc(-c2ccncc2)cc1)C[C@H](O)[C@@H](N)Cc1ccccc1)C(C)(C)C. The fraction of sp³-hybridized carbons (Fsp3) is 0.387. The van der Waals surface area contributed by atoms with Crippen LogP contribution in [0.3, 0.4) is 0 Å².